The highest BCUT2D eigenvalue weighted by Crippen LogP contribution is 2.20. The average molecular weight is 279 g/mol. The van der Waals surface area contributed by atoms with Crippen LogP contribution in [0.2, 0.25) is 0 Å². The van der Waals surface area contributed by atoms with Gasteiger partial charge in [0.25, 0.3) is 0 Å². The number of nitrogens with zero attached hydrogens (tertiary/aromatic N) is 4. The topological polar surface area (TPSA) is 35.6 Å². The molecule has 0 saturated heterocycles. The summed E-state index contributed by atoms with van der Waals surface area (Å²) in [4.78, 5) is 4.36. The zero-order valence-corrected chi connectivity index (χ0v) is 11.1. The second-order valence-corrected chi connectivity index (χ2v) is 4.67. The minimum Gasteiger partial charge on any atom is -0.322 e. The Balaban J connectivity index is 2.10. The average Bonchev–Trinajstić information content (AvgIpc) is 2.94. The number of rotatable bonds is 3. The molecule has 0 saturated carbocycles. The monoisotopic (exact) mass is 278 g/mol. The molecule has 0 atom stereocenters. The fraction of sp³-hybridized carbons (Fsp3) is 0.231. The van der Waals surface area contributed by atoms with E-state index in [1.165, 1.54) is 12.1 Å². The summed E-state index contributed by atoms with van der Waals surface area (Å²) in [6.07, 6.45) is 3.74. The Labute approximate surface area is 114 Å². The summed E-state index contributed by atoms with van der Waals surface area (Å²) in [5.74, 6) is 0.724. The third-order valence-corrected chi connectivity index (χ3v) is 3.25. The zero-order valence-electron chi connectivity index (χ0n) is 10.3. The molecule has 3 rings (SSSR count). The fourth-order valence-corrected chi connectivity index (χ4v) is 2.37. The van der Waals surface area contributed by atoms with Crippen molar-refractivity contribution in [3.63, 3.8) is 0 Å². The molecule has 0 bridgehead atoms. The maximum atomic E-state index is 13.2. The lowest BCUT2D eigenvalue weighted by molar-refractivity contribution is 0.629. The van der Waals surface area contributed by atoms with Crippen molar-refractivity contribution in [3.05, 3.63) is 47.8 Å². The fourth-order valence-electron chi connectivity index (χ4n) is 2.17. The molecule has 0 fully saturated rings. The number of benzene rings is 1. The van der Waals surface area contributed by atoms with E-state index in [1.807, 2.05) is 17.8 Å². The van der Waals surface area contributed by atoms with Crippen LogP contribution in [0.5, 0.6) is 0 Å². The maximum absolute atomic E-state index is 13.2. The first-order chi connectivity index (χ1) is 9.17. The van der Waals surface area contributed by atoms with Crippen LogP contribution in [-0.4, -0.2) is 19.3 Å². The SMILES string of the molecule is Cn1cc(Cn2c(CCl)nc3cc(F)ccc32)cn1. The van der Waals surface area contributed by atoms with Crippen LogP contribution < -0.4 is 0 Å². The molecular weight excluding hydrogens is 267 g/mol. The van der Waals surface area contributed by atoms with E-state index in [4.69, 9.17) is 11.6 Å². The van der Waals surface area contributed by atoms with Gasteiger partial charge in [0, 0.05) is 24.9 Å². The van der Waals surface area contributed by atoms with E-state index in [0.29, 0.717) is 12.1 Å². The van der Waals surface area contributed by atoms with Gasteiger partial charge in [-0.15, -0.1) is 11.6 Å². The number of hydrogen-bond donors (Lipinski definition) is 0. The molecule has 6 heteroatoms. The molecule has 0 spiro atoms. The van der Waals surface area contributed by atoms with Crippen LogP contribution in [-0.2, 0) is 19.5 Å². The molecule has 98 valence electrons. The second kappa shape index (κ2) is 4.66. The molecular formula is C13H12ClFN4. The first-order valence-electron chi connectivity index (χ1n) is 5.85. The molecule has 2 aromatic heterocycles. The number of aryl methyl sites for hydroxylation is 1. The molecule has 0 aliphatic carbocycles. The number of imidazole rings is 1. The minimum atomic E-state index is -0.292. The van der Waals surface area contributed by atoms with Crippen molar-refractivity contribution in [1.82, 2.24) is 19.3 Å². The van der Waals surface area contributed by atoms with E-state index in [2.05, 4.69) is 10.1 Å². The lowest BCUT2D eigenvalue weighted by atomic mass is 10.3. The van der Waals surface area contributed by atoms with E-state index < -0.39 is 0 Å². The Morgan fingerprint density at radius 1 is 1.37 bits per heavy atom. The molecule has 0 amide bonds. The molecule has 19 heavy (non-hydrogen) atoms. The Morgan fingerprint density at radius 3 is 2.89 bits per heavy atom. The van der Waals surface area contributed by atoms with E-state index in [1.54, 1.807) is 16.9 Å². The van der Waals surface area contributed by atoms with Crippen LogP contribution in [0.4, 0.5) is 4.39 Å². The smallest absolute Gasteiger partial charge is 0.125 e. The van der Waals surface area contributed by atoms with Crippen LogP contribution in [0.15, 0.2) is 30.6 Å². The lowest BCUT2D eigenvalue weighted by Crippen LogP contribution is -2.03. The van der Waals surface area contributed by atoms with Gasteiger partial charge in [-0.25, -0.2) is 9.37 Å². The molecule has 3 aromatic rings. The van der Waals surface area contributed by atoms with Crippen molar-refractivity contribution in [2.45, 2.75) is 12.4 Å². The minimum absolute atomic E-state index is 0.288. The summed E-state index contributed by atoms with van der Waals surface area (Å²) in [7, 11) is 1.87. The molecule has 4 nitrogen and oxygen atoms in total. The predicted molar refractivity (Wildman–Crippen MR) is 71.6 cm³/mol. The first kappa shape index (κ1) is 12.2. The standard InChI is InChI=1S/C13H12ClFN4/c1-18-7-9(6-16-18)8-19-12-3-2-10(15)4-11(12)17-13(19)5-14/h2-4,6-7H,5,8H2,1H3. The van der Waals surface area contributed by atoms with Gasteiger partial charge in [0.1, 0.15) is 11.6 Å². The van der Waals surface area contributed by atoms with Gasteiger partial charge in [0.15, 0.2) is 0 Å². The Morgan fingerprint density at radius 2 is 2.21 bits per heavy atom. The maximum Gasteiger partial charge on any atom is 0.125 e. The predicted octanol–water partition coefficient (Wildman–Crippen LogP) is 2.70. The lowest BCUT2D eigenvalue weighted by Gasteiger charge is -2.05. The van der Waals surface area contributed by atoms with Gasteiger partial charge in [0.05, 0.1) is 29.7 Å². The van der Waals surface area contributed by atoms with Gasteiger partial charge in [-0.05, 0) is 12.1 Å². The number of halogens is 2. The van der Waals surface area contributed by atoms with E-state index in [0.717, 1.165) is 16.9 Å². The van der Waals surface area contributed by atoms with Crippen molar-refractivity contribution in [3.8, 4) is 0 Å². The Bertz CT molecular complexity index is 731. The van der Waals surface area contributed by atoms with Crippen LogP contribution in [0.25, 0.3) is 11.0 Å². The number of alkyl halides is 1. The number of fused-ring (bicyclic) bond motifs is 1. The van der Waals surface area contributed by atoms with Crippen molar-refractivity contribution in [2.75, 3.05) is 0 Å². The third-order valence-electron chi connectivity index (χ3n) is 3.01. The van der Waals surface area contributed by atoms with Gasteiger partial charge < -0.3 is 4.57 Å². The van der Waals surface area contributed by atoms with E-state index in [9.17, 15) is 4.39 Å². The third kappa shape index (κ3) is 2.21. The van der Waals surface area contributed by atoms with Gasteiger partial charge in [-0.3, -0.25) is 4.68 Å². The summed E-state index contributed by atoms with van der Waals surface area (Å²) in [5.41, 5.74) is 2.55. The van der Waals surface area contributed by atoms with Gasteiger partial charge in [0.2, 0.25) is 0 Å². The summed E-state index contributed by atoms with van der Waals surface area (Å²) in [6, 6.07) is 4.58. The van der Waals surface area contributed by atoms with Crippen molar-refractivity contribution in [2.24, 2.45) is 7.05 Å². The quantitative estimate of drug-likeness (QED) is 0.691. The largest absolute Gasteiger partial charge is 0.322 e. The van der Waals surface area contributed by atoms with Gasteiger partial charge in [-0.1, -0.05) is 0 Å². The molecule has 0 aliphatic rings. The second-order valence-electron chi connectivity index (χ2n) is 4.40. The summed E-state index contributed by atoms with van der Waals surface area (Å²) < 4.78 is 16.9. The molecule has 1 aromatic carbocycles. The highest BCUT2D eigenvalue weighted by molar-refractivity contribution is 6.16. The molecule has 0 radical (unpaired) electrons. The normalized spacial score (nSPS) is 11.3. The van der Waals surface area contributed by atoms with E-state index >= 15 is 0 Å². The molecule has 2 heterocycles. The molecule has 0 unspecified atom stereocenters. The summed E-state index contributed by atoms with van der Waals surface area (Å²) in [5, 5.41) is 4.14. The Kier molecular flexibility index (Phi) is 2.98. The molecule has 0 aliphatic heterocycles. The van der Waals surface area contributed by atoms with Crippen LogP contribution in [0, 0.1) is 5.82 Å². The summed E-state index contributed by atoms with van der Waals surface area (Å²) in [6.45, 7) is 0.623. The van der Waals surface area contributed by atoms with Gasteiger partial charge >= 0.3 is 0 Å². The number of hydrogen-bond acceptors (Lipinski definition) is 2. The zero-order chi connectivity index (χ0) is 13.4. The van der Waals surface area contributed by atoms with Crippen molar-refractivity contribution >= 4 is 22.6 Å². The van der Waals surface area contributed by atoms with Crippen molar-refractivity contribution < 1.29 is 4.39 Å². The van der Waals surface area contributed by atoms with Gasteiger partial charge in [-0.2, -0.15) is 5.10 Å². The highest BCUT2D eigenvalue weighted by Gasteiger charge is 2.11. The van der Waals surface area contributed by atoms with Crippen LogP contribution >= 0.6 is 11.6 Å². The van der Waals surface area contributed by atoms with Crippen LogP contribution in [0.1, 0.15) is 11.4 Å². The summed E-state index contributed by atoms with van der Waals surface area (Å²) >= 11 is 5.92. The Hall–Kier alpha value is -1.88. The van der Waals surface area contributed by atoms with Crippen molar-refractivity contribution in [1.29, 1.82) is 0 Å². The molecule has 0 N–H and O–H groups in total. The van der Waals surface area contributed by atoms with E-state index in [-0.39, 0.29) is 11.7 Å². The van der Waals surface area contributed by atoms with Crippen LogP contribution in [0.3, 0.4) is 0 Å². The number of aromatic nitrogens is 4. The highest BCUT2D eigenvalue weighted by atomic mass is 35.5. The first-order valence-corrected chi connectivity index (χ1v) is 6.39.